The van der Waals surface area contributed by atoms with Crippen LogP contribution >= 0.6 is 0 Å². The summed E-state index contributed by atoms with van der Waals surface area (Å²) < 4.78 is 4.50. The molecule has 0 rings (SSSR count). The van der Waals surface area contributed by atoms with Gasteiger partial charge in [-0.1, -0.05) is 24.7 Å². The van der Waals surface area contributed by atoms with Crippen molar-refractivity contribution < 1.29 is 19.5 Å². The van der Waals surface area contributed by atoms with Crippen molar-refractivity contribution in [2.24, 2.45) is 5.16 Å². The molecule has 72 valence electrons. The first-order valence-electron chi connectivity index (χ1n) is 3.70. The Balaban J connectivity index is 4.34. The van der Waals surface area contributed by atoms with Crippen molar-refractivity contribution in [3.05, 3.63) is 12.7 Å². The minimum absolute atomic E-state index is 0.0190. The summed E-state index contributed by atoms with van der Waals surface area (Å²) in [5.74, 6) is -1.49. The van der Waals surface area contributed by atoms with E-state index in [4.69, 9.17) is 5.21 Å². The number of ether oxygens (including phenoxy) is 1. The molecule has 0 spiro atoms. The van der Waals surface area contributed by atoms with E-state index in [0.29, 0.717) is 0 Å². The third kappa shape index (κ3) is 3.50. The van der Waals surface area contributed by atoms with Crippen LogP contribution in [0, 0.1) is 0 Å². The fraction of sp³-hybridized carbons (Fsp3) is 0.375. The molecule has 0 aliphatic heterocycles. The van der Waals surface area contributed by atoms with Gasteiger partial charge in [-0.3, -0.25) is 4.79 Å². The smallest absolute Gasteiger partial charge is 0.364 e. The lowest BCUT2D eigenvalue weighted by atomic mass is 10.2. The first kappa shape index (κ1) is 11.4. The Morgan fingerprint density at radius 3 is 2.62 bits per heavy atom. The van der Waals surface area contributed by atoms with Gasteiger partial charge in [-0.2, -0.15) is 0 Å². The van der Waals surface area contributed by atoms with Crippen LogP contribution in [0.25, 0.3) is 0 Å². The van der Waals surface area contributed by atoms with Gasteiger partial charge in [-0.15, -0.1) is 0 Å². The maximum Gasteiger partial charge on any atom is 0.364 e. The van der Waals surface area contributed by atoms with Gasteiger partial charge in [0.2, 0.25) is 5.71 Å². The van der Waals surface area contributed by atoms with Gasteiger partial charge in [0.25, 0.3) is 0 Å². The van der Waals surface area contributed by atoms with Crippen LogP contribution in [0.1, 0.15) is 13.3 Å². The largest absolute Gasteiger partial charge is 0.457 e. The molecule has 0 amide bonds. The molecule has 0 aromatic rings. The summed E-state index contributed by atoms with van der Waals surface area (Å²) in [4.78, 5) is 21.9. The highest BCUT2D eigenvalue weighted by atomic mass is 16.5. The van der Waals surface area contributed by atoms with Crippen LogP contribution in [-0.2, 0) is 14.3 Å². The molecule has 1 N–H and O–H groups in total. The van der Waals surface area contributed by atoms with Crippen molar-refractivity contribution >= 4 is 17.5 Å². The lowest BCUT2D eigenvalue weighted by molar-refractivity contribution is -0.135. The van der Waals surface area contributed by atoms with Crippen molar-refractivity contribution in [2.75, 3.05) is 6.61 Å². The Morgan fingerprint density at radius 2 is 2.23 bits per heavy atom. The molecule has 0 fully saturated rings. The summed E-state index contributed by atoms with van der Waals surface area (Å²) in [5.41, 5.74) is -0.579. The number of carbonyl (C=O) groups excluding carboxylic acids is 2. The fourth-order valence-electron chi connectivity index (χ4n) is 0.581. The van der Waals surface area contributed by atoms with Crippen molar-refractivity contribution in [3.8, 4) is 0 Å². The highest BCUT2D eigenvalue weighted by Crippen LogP contribution is 1.91. The van der Waals surface area contributed by atoms with Crippen molar-refractivity contribution in [1.29, 1.82) is 0 Å². The summed E-state index contributed by atoms with van der Waals surface area (Å²) >= 11 is 0. The Hall–Kier alpha value is -1.65. The highest BCUT2D eigenvalue weighted by Gasteiger charge is 2.20. The number of hydrogen-bond donors (Lipinski definition) is 1. The fourth-order valence-corrected chi connectivity index (χ4v) is 0.581. The lowest BCUT2D eigenvalue weighted by Gasteiger charge is -2.00. The second kappa shape index (κ2) is 5.93. The number of hydrogen-bond acceptors (Lipinski definition) is 5. The van der Waals surface area contributed by atoms with Gasteiger partial charge in [-0.25, -0.2) is 4.79 Å². The Bertz CT molecular complexity index is 245. The first-order chi connectivity index (χ1) is 6.17. The van der Waals surface area contributed by atoms with Crippen molar-refractivity contribution in [1.82, 2.24) is 0 Å². The summed E-state index contributed by atoms with van der Waals surface area (Å²) in [7, 11) is 0. The van der Waals surface area contributed by atoms with E-state index in [2.05, 4.69) is 16.5 Å². The predicted molar refractivity (Wildman–Crippen MR) is 45.7 cm³/mol. The molecule has 0 heterocycles. The van der Waals surface area contributed by atoms with E-state index >= 15 is 0 Å². The first-order valence-corrected chi connectivity index (χ1v) is 3.70. The number of Topliss-reactive ketones (excluding diaryl/α,β-unsaturated/α-hetero) is 1. The van der Waals surface area contributed by atoms with Gasteiger partial charge in [0.05, 0.1) is 0 Å². The van der Waals surface area contributed by atoms with E-state index < -0.39 is 17.5 Å². The maximum absolute atomic E-state index is 11.0. The molecule has 0 saturated heterocycles. The highest BCUT2D eigenvalue weighted by molar-refractivity contribution is 6.64. The van der Waals surface area contributed by atoms with Gasteiger partial charge < -0.3 is 9.94 Å². The molecule has 0 unspecified atom stereocenters. The summed E-state index contributed by atoms with van der Waals surface area (Å²) in [6, 6.07) is 0. The van der Waals surface area contributed by atoms with Crippen LogP contribution in [0.4, 0.5) is 0 Å². The second-order valence-corrected chi connectivity index (χ2v) is 2.11. The minimum atomic E-state index is -0.936. The van der Waals surface area contributed by atoms with E-state index in [0.717, 1.165) is 0 Å². The third-order valence-corrected chi connectivity index (χ3v) is 1.21. The molecule has 0 aromatic carbocycles. The number of oxime groups is 1. The van der Waals surface area contributed by atoms with Gasteiger partial charge in [0.1, 0.15) is 6.61 Å². The number of ketones is 1. The number of esters is 1. The molecule has 0 aliphatic carbocycles. The van der Waals surface area contributed by atoms with Crippen LogP contribution < -0.4 is 0 Å². The molecule has 5 nitrogen and oxygen atoms in total. The van der Waals surface area contributed by atoms with Gasteiger partial charge in [0, 0.05) is 6.42 Å². The van der Waals surface area contributed by atoms with Crippen molar-refractivity contribution in [3.63, 3.8) is 0 Å². The predicted octanol–water partition coefficient (Wildman–Crippen LogP) is 0.525. The molecule has 0 aliphatic rings. The van der Waals surface area contributed by atoms with Gasteiger partial charge in [0.15, 0.2) is 5.78 Å². The Labute approximate surface area is 75.7 Å². The molecular formula is C8H11NO4. The zero-order chi connectivity index (χ0) is 10.3. The second-order valence-electron chi connectivity index (χ2n) is 2.11. The molecule has 0 bridgehead atoms. The molecule has 0 radical (unpaired) electrons. The van der Waals surface area contributed by atoms with Crippen molar-refractivity contribution in [2.45, 2.75) is 13.3 Å². The number of nitrogens with zero attached hydrogens (tertiary/aromatic N) is 1. The summed E-state index contributed by atoms with van der Waals surface area (Å²) in [6.45, 7) is 4.85. The lowest BCUT2D eigenvalue weighted by Crippen LogP contribution is -2.25. The molecular weight excluding hydrogens is 174 g/mol. The summed E-state index contributed by atoms with van der Waals surface area (Å²) in [5, 5.41) is 10.9. The van der Waals surface area contributed by atoms with E-state index in [-0.39, 0.29) is 13.0 Å². The van der Waals surface area contributed by atoms with Crippen LogP contribution in [-0.4, -0.2) is 29.3 Å². The quantitative estimate of drug-likeness (QED) is 0.169. The zero-order valence-electron chi connectivity index (χ0n) is 7.32. The van der Waals surface area contributed by atoms with E-state index in [9.17, 15) is 9.59 Å². The van der Waals surface area contributed by atoms with Gasteiger partial charge in [-0.05, 0) is 0 Å². The van der Waals surface area contributed by atoms with E-state index in [1.807, 2.05) is 0 Å². The topological polar surface area (TPSA) is 76.0 Å². The van der Waals surface area contributed by atoms with Gasteiger partial charge >= 0.3 is 5.97 Å². The average molecular weight is 185 g/mol. The SMILES string of the molecule is C=CCOC(=O)C(=NO)C(=O)CC. The summed E-state index contributed by atoms with van der Waals surface area (Å²) in [6.07, 6.45) is 1.44. The Kier molecular flexibility index (Phi) is 5.18. The normalized spacial score (nSPS) is 10.7. The van der Waals surface area contributed by atoms with Crippen LogP contribution in [0.2, 0.25) is 0 Å². The Morgan fingerprint density at radius 1 is 1.62 bits per heavy atom. The van der Waals surface area contributed by atoms with Crippen LogP contribution in [0.15, 0.2) is 17.8 Å². The van der Waals surface area contributed by atoms with Crippen LogP contribution in [0.5, 0.6) is 0 Å². The average Bonchev–Trinajstić information content (AvgIpc) is 2.15. The number of carbonyl (C=O) groups is 2. The van der Waals surface area contributed by atoms with E-state index in [1.165, 1.54) is 6.08 Å². The molecule has 0 atom stereocenters. The zero-order valence-corrected chi connectivity index (χ0v) is 7.32. The molecule has 0 aromatic heterocycles. The monoisotopic (exact) mass is 185 g/mol. The standard InChI is InChI=1S/C8H11NO4/c1-3-5-13-8(11)7(9-12)6(10)4-2/h3,12H,1,4-5H2,2H3. The van der Waals surface area contributed by atoms with Crippen LogP contribution in [0.3, 0.4) is 0 Å². The molecule has 13 heavy (non-hydrogen) atoms. The van der Waals surface area contributed by atoms with E-state index in [1.54, 1.807) is 6.92 Å². The third-order valence-electron chi connectivity index (χ3n) is 1.21. The molecule has 5 heteroatoms. The molecule has 0 saturated carbocycles. The minimum Gasteiger partial charge on any atom is -0.457 e. The number of rotatable bonds is 5. The maximum atomic E-state index is 11.0.